The van der Waals surface area contributed by atoms with Crippen LogP contribution in [0.15, 0.2) is 18.3 Å². The van der Waals surface area contributed by atoms with Crippen LogP contribution in [0.25, 0.3) is 0 Å². The molecule has 1 aromatic heterocycles. The van der Waals surface area contributed by atoms with Crippen molar-refractivity contribution < 1.29 is 13.2 Å². The summed E-state index contributed by atoms with van der Waals surface area (Å²) in [6.45, 7) is 2.27. The lowest BCUT2D eigenvalue weighted by atomic mass is 10.1. The van der Waals surface area contributed by atoms with Gasteiger partial charge in [-0.25, -0.2) is 13.4 Å². The highest BCUT2D eigenvalue weighted by Crippen LogP contribution is 2.22. The van der Waals surface area contributed by atoms with Crippen LogP contribution in [0.2, 0.25) is 0 Å². The second kappa shape index (κ2) is 6.24. The molecule has 2 saturated heterocycles. The van der Waals surface area contributed by atoms with Crippen molar-refractivity contribution in [2.45, 2.75) is 19.3 Å². The number of carbonyl (C=O) groups is 1. The number of amides is 1. The molecule has 7 heteroatoms. The Labute approximate surface area is 130 Å². The molecule has 0 saturated carbocycles. The van der Waals surface area contributed by atoms with E-state index in [0.717, 1.165) is 31.7 Å². The van der Waals surface area contributed by atoms with E-state index in [1.54, 1.807) is 18.3 Å². The van der Waals surface area contributed by atoms with Gasteiger partial charge in [-0.05, 0) is 37.3 Å². The number of rotatable bonds is 4. The summed E-state index contributed by atoms with van der Waals surface area (Å²) < 4.78 is 22.9. The monoisotopic (exact) mass is 323 g/mol. The van der Waals surface area contributed by atoms with E-state index in [9.17, 15) is 13.2 Å². The number of nitrogens with zero attached hydrogens (tertiary/aromatic N) is 2. The van der Waals surface area contributed by atoms with Gasteiger partial charge >= 0.3 is 0 Å². The lowest BCUT2D eigenvalue weighted by Gasteiger charge is -2.19. The molecule has 0 radical (unpaired) electrons. The Hall–Kier alpha value is -1.63. The molecule has 1 amide bonds. The third kappa shape index (κ3) is 3.40. The van der Waals surface area contributed by atoms with Crippen LogP contribution in [0.3, 0.4) is 0 Å². The molecular formula is C15H21N3O3S. The van der Waals surface area contributed by atoms with Crippen molar-refractivity contribution in [1.29, 1.82) is 0 Å². The van der Waals surface area contributed by atoms with Gasteiger partial charge in [0.05, 0.1) is 17.1 Å². The van der Waals surface area contributed by atoms with E-state index in [1.807, 2.05) is 0 Å². The van der Waals surface area contributed by atoms with Crippen molar-refractivity contribution in [2.75, 3.05) is 36.0 Å². The molecule has 2 aliphatic rings. The van der Waals surface area contributed by atoms with Crippen LogP contribution < -0.4 is 10.2 Å². The molecule has 120 valence electrons. The van der Waals surface area contributed by atoms with Crippen LogP contribution in [0.4, 0.5) is 5.82 Å². The molecule has 0 aromatic carbocycles. The van der Waals surface area contributed by atoms with Crippen molar-refractivity contribution in [3.63, 3.8) is 0 Å². The number of aromatic nitrogens is 1. The standard InChI is InChI=1S/C15H21N3O3S/c19-15(17-10-12-5-9-22(20,21)11-12)13-4-3-6-16-14(13)18-7-1-2-8-18/h3-4,6,12H,1-2,5,7-11H2,(H,17,19)/t12-/m1/s1. The Kier molecular flexibility index (Phi) is 4.33. The second-order valence-electron chi connectivity index (χ2n) is 6.05. The van der Waals surface area contributed by atoms with Gasteiger partial charge in [0.1, 0.15) is 5.82 Å². The van der Waals surface area contributed by atoms with Crippen molar-refractivity contribution in [2.24, 2.45) is 5.92 Å². The maximum Gasteiger partial charge on any atom is 0.255 e. The number of hydrogen-bond acceptors (Lipinski definition) is 5. The van der Waals surface area contributed by atoms with E-state index in [4.69, 9.17) is 0 Å². The molecule has 2 fully saturated rings. The normalized spacial score (nSPS) is 23.6. The molecule has 0 bridgehead atoms. The highest BCUT2D eigenvalue weighted by Gasteiger charge is 2.28. The number of nitrogens with one attached hydrogen (secondary N) is 1. The zero-order chi connectivity index (χ0) is 15.6. The summed E-state index contributed by atoms with van der Waals surface area (Å²) in [6.07, 6.45) is 4.58. The topological polar surface area (TPSA) is 79.4 Å². The quantitative estimate of drug-likeness (QED) is 0.888. The Bertz CT molecular complexity index is 654. The van der Waals surface area contributed by atoms with Gasteiger partial charge in [0, 0.05) is 25.8 Å². The van der Waals surface area contributed by atoms with Crippen LogP contribution >= 0.6 is 0 Å². The largest absolute Gasteiger partial charge is 0.356 e. The average Bonchev–Trinajstić information content (AvgIpc) is 3.14. The third-order valence-electron chi connectivity index (χ3n) is 4.31. The highest BCUT2D eigenvalue weighted by molar-refractivity contribution is 7.91. The molecule has 1 aromatic rings. The first-order valence-corrected chi connectivity index (χ1v) is 9.56. The van der Waals surface area contributed by atoms with Crippen molar-refractivity contribution >= 4 is 21.6 Å². The SMILES string of the molecule is O=C(NC[C@H]1CCS(=O)(=O)C1)c1cccnc1N1CCCC1. The molecule has 22 heavy (non-hydrogen) atoms. The molecular weight excluding hydrogens is 302 g/mol. The molecule has 1 N–H and O–H groups in total. The Morgan fingerprint density at radius 3 is 2.82 bits per heavy atom. The zero-order valence-electron chi connectivity index (χ0n) is 12.5. The third-order valence-corrected chi connectivity index (χ3v) is 6.15. The van der Waals surface area contributed by atoms with Crippen LogP contribution in [-0.4, -0.2) is 50.4 Å². The number of anilines is 1. The molecule has 0 spiro atoms. The fourth-order valence-corrected chi connectivity index (χ4v) is 4.98. The summed E-state index contributed by atoms with van der Waals surface area (Å²) in [7, 11) is -2.90. The summed E-state index contributed by atoms with van der Waals surface area (Å²) in [4.78, 5) is 18.9. The van der Waals surface area contributed by atoms with Crippen LogP contribution in [0.5, 0.6) is 0 Å². The highest BCUT2D eigenvalue weighted by atomic mass is 32.2. The predicted molar refractivity (Wildman–Crippen MR) is 84.8 cm³/mol. The zero-order valence-corrected chi connectivity index (χ0v) is 13.3. The van der Waals surface area contributed by atoms with E-state index >= 15 is 0 Å². The Morgan fingerprint density at radius 1 is 1.36 bits per heavy atom. The van der Waals surface area contributed by atoms with Crippen molar-refractivity contribution in [3.8, 4) is 0 Å². The molecule has 3 rings (SSSR count). The lowest BCUT2D eigenvalue weighted by Crippen LogP contribution is -2.32. The minimum absolute atomic E-state index is 0.0286. The van der Waals surface area contributed by atoms with Crippen LogP contribution in [0, 0.1) is 5.92 Å². The van der Waals surface area contributed by atoms with Gasteiger partial charge in [-0.2, -0.15) is 0 Å². The predicted octanol–water partition coefficient (Wildman–Crippen LogP) is 0.846. The van der Waals surface area contributed by atoms with E-state index < -0.39 is 9.84 Å². The average molecular weight is 323 g/mol. The second-order valence-corrected chi connectivity index (χ2v) is 8.28. The first-order valence-electron chi connectivity index (χ1n) is 7.74. The summed E-state index contributed by atoms with van der Waals surface area (Å²) in [5, 5.41) is 2.87. The molecule has 0 aliphatic carbocycles. The van der Waals surface area contributed by atoms with E-state index in [1.165, 1.54) is 0 Å². The van der Waals surface area contributed by atoms with E-state index in [0.29, 0.717) is 18.5 Å². The van der Waals surface area contributed by atoms with Gasteiger partial charge in [-0.15, -0.1) is 0 Å². The van der Waals surface area contributed by atoms with Gasteiger partial charge in [-0.3, -0.25) is 4.79 Å². The minimum atomic E-state index is -2.90. The summed E-state index contributed by atoms with van der Waals surface area (Å²) in [5.41, 5.74) is 0.574. The Balaban J connectivity index is 1.65. The summed E-state index contributed by atoms with van der Waals surface area (Å²) in [6, 6.07) is 3.54. The fraction of sp³-hybridized carbons (Fsp3) is 0.600. The van der Waals surface area contributed by atoms with Gasteiger partial charge in [0.15, 0.2) is 9.84 Å². The van der Waals surface area contributed by atoms with Gasteiger partial charge in [0.25, 0.3) is 5.91 Å². The van der Waals surface area contributed by atoms with Gasteiger partial charge in [0.2, 0.25) is 0 Å². The number of pyridine rings is 1. The van der Waals surface area contributed by atoms with E-state index in [-0.39, 0.29) is 23.3 Å². The molecule has 1 atom stereocenters. The molecule has 3 heterocycles. The smallest absolute Gasteiger partial charge is 0.255 e. The fourth-order valence-electron chi connectivity index (χ4n) is 3.12. The number of sulfone groups is 1. The first kappa shape index (κ1) is 15.3. The van der Waals surface area contributed by atoms with Crippen molar-refractivity contribution in [1.82, 2.24) is 10.3 Å². The molecule has 6 nitrogen and oxygen atoms in total. The Morgan fingerprint density at radius 2 is 2.14 bits per heavy atom. The van der Waals surface area contributed by atoms with Crippen molar-refractivity contribution in [3.05, 3.63) is 23.9 Å². The van der Waals surface area contributed by atoms with Crippen LogP contribution in [0.1, 0.15) is 29.6 Å². The summed E-state index contributed by atoms with van der Waals surface area (Å²) in [5.74, 6) is 1.01. The molecule has 2 aliphatic heterocycles. The van der Waals surface area contributed by atoms with E-state index in [2.05, 4.69) is 15.2 Å². The minimum Gasteiger partial charge on any atom is -0.356 e. The number of hydrogen-bond donors (Lipinski definition) is 1. The first-order chi connectivity index (χ1) is 10.6. The number of carbonyl (C=O) groups excluding carboxylic acids is 1. The molecule has 0 unspecified atom stereocenters. The van der Waals surface area contributed by atoms with Crippen LogP contribution in [-0.2, 0) is 9.84 Å². The van der Waals surface area contributed by atoms with Gasteiger partial charge in [-0.1, -0.05) is 0 Å². The maximum absolute atomic E-state index is 12.4. The van der Waals surface area contributed by atoms with Gasteiger partial charge < -0.3 is 10.2 Å². The summed E-state index contributed by atoms with van der Waals surface area (Å²) >= 11 is 0. The lowest BCUT2D eigenvalue weighted by molar-refractivity contribution is 0.0948. The maximum atomic E-state index is 12.4.